The molecule has 0 unspecified atom stereocenters. The normalized spacial score (nSPS) is 10.3. The van der Waals surface area contributed by atoms with Crippen molar-refractivity contribution in [2.75, 3.05) is 30.9 Å². The van der Waals surface area contributed by atoms with Crippen LogP contribution >= 0.6 is 11.3 Å². The lowest BCUT2D eigenvalue weighted by molar-refractivity contribution is -0.122. The zero-order valence-corrected chi connectivity index (χ0v) is 20.2. The summed E-state index contributed by atoms with van der Waals surface area (Å²) in [5.41, 5.74) is 2.90. The number of methoxy groups -OCH3 is 1. The first kappa shape index (κ1) is 25.8. The minimum Gasteiger partial charge on any atom is -0.483 e. The van der Waals surface area contributed by atoms with Gasteiger partial charge in [0.2, 0.25) is 11.8 Å². The number of hydrogen-bond donors (Lipinski definition) is 4. The van der Waals surface area contributed by atoms with Crippen LogP contribution in [0.25, 0.3) is 10.3 Å². The average Bonchev–Trinajstić information content (AvgIpc) is 3.26. The summed E-state index contributed by atoms with van der Waals surface area (Å²) >= 11 is 1.45. The maximum Gasteiger partial charge on any atom is 0.290 e. The van der Waals surface area contributed by atoms with Crippen molar-refractivity contribution in [3.05, 3.63) is 59.8 Å². The van der Waals surface area contributed by atoms with Gasteiger partial charge in [0.1, 0.15) is 16.2 Å². The van der Waals surface area contributed by atoms with E-state index < -0.39 is 0 Å². The Balaban J connectivity index is 0.00000108. The first-order valence-corrected chi connectivity index (χ1v) is 11.9. The average molecular weight is 497 g/mol. The van der Waals surface area contributed by atoms with Crippen LogP contribution in [0.2, 0.25) is 0 Å². The van der Waals surface area contributed by atoms with Crippen LogP contribution in [0.3, 0.4) is 0 Å². The van der Waals surface area contributed by atoms with E-state index in [2.05, 4.69) is 37.7 Å². The Morgan fingerprint density at radius 1 is 1.03 bits per heavy atom. The Kier molecular flexibility index (Phi) is 10.1. The molecule has 11 heteroatoms. The summed E-state index contributed by atoms with van der Waals surface area (Å²) in [6.07, 6.45) is 3.41. The number of rotatable bonds is 11. The van der Waals surface area contributed by atoms with Gasteiger partial charge in [0.05, 0.1) is 12.8 Å². The highest BCUT2D eigenvalue weighted by atomic mass is 32.1. The molecular formula is C24H28N6O4S. The van der Waals surface area contributed by atoms with Gasteiger partial charge in [-0.3, -0.25) is 4.79 Å². The van der Waals surface area contributed by atoms with E-state index in [1.165, 1.54) is 16.9 Å². The Bertz CT molecular complexity index is 1210. The molecule has 0 saturated carbocycles. The summed E-state index contributed by atoms with van der Waals surface area (Å²) < 4.78 is 5.20. The zero-order chi connectivity index (χ0) is 24.9. The van der Waals surface area contributed by atoms with Crippen LogP contribution in [0.5, 0.6) is 5.88 Å². The molecule has 0 saturated heterocycles. The summed E-state index contributed by atoms with van der Waals surface area (Å²) in [6, 6.07) is 15.9. The molecule has 0 atom stereocenters. The maximum atomic E-state index is 8.95. The third-order valence-electron chi connectivity index (χ3n) is 4.80. The molecule has 4 aromatic rings. The van der Waals surface area contributed by atoms with Crippen molar-refractivity contribution in [2.45, 2.75) is 25.7 Å². The van der Waals surface area contributed by atoms with Gasteiger partial charge in [-0.25, -0.2) is 15.0 Å². The fourth-order valence-electron chi connectivity index (χ4n) is 3.23. The predicted molar refractivity (Wildman–Crippen MR) is 137 cm³/mol. The van der Waals surface area contributed by atoms with Gasteiger partial charge in [-0.15, -0.1) is 0 Å². The number of aliphatic hydroxyl groups is 1. The van der Waals surface area contributed by atoms with Gasteiger partial charge in [0, 0.05) is 31.7 Å². The van der Waals surface area contributed by atoms with Gasteiger partial charge in [-0.2, -0.15) is 4.98 Å². The van der Waals surface area contributed by atoms with E-state index in [9.17, 15) is 0 Å². The Labute approximate surface area is 207 Å². The number of hydrogen-bond acceptors (Lipinski definition) is 10. The lowest BCUT2D eigenvalue weighted by Gasteiger charge is -2.10. The van der Waals surface area contributed by atoms with Crippen molar-refractivity contribution in [2.24, 2.45) is 0 Å². The van der Waals surface area contributed by atoms with Gasteiger partial charge >= 0.3 is 0 Å². The Morgan fingerprint density at radius 2 is 1.83 bits per heavy atom. The van der Waals surface area contributed by atoms with Crippen LogP contribution in [-0.4, -0.2) is 56.9 Å². The molecule has 3 heterocycles. The molecule has 184 valence electrons. The Morgan fingerprint density at radius 3 is 2.57 bits per heavy atom. The first-order valence-electron chi connectivity index (χ1n) is 11.1. The number of carboxylic acid groups (broad SMARTS) is 1. The van der Waals surface area contributed by atoms with E-state index in [0.29, 0.717) is 29.2 Å². The fraction of sp³-hybridized carbons (Fsp3) is 0.292. The number of ether oxygens (including phenoxy) is 1. The van der Waals surface area contributed by atoms with Crippen LogP contribution in [-0.2, 0) is 11.2 Å². The van der Waals surface area contributed by atoms with Crippen LogP contribution in [0.1, 0.15) is 30.5 Å². The molecule has 0 fully saturated rings. The molecule has 0 spiro atoms. The van der Waals surface area contributed by atoms with Gasteiger partial charge in [0.25, 0.3) is 6.47 Å². The third kappa shape index (κ3) is 8.16. The van der Waals surface area contributed by atoms with E-state index in [-0.39, 0.29) is 13.1 Å². The van der Waals surface area contributed by atoms with E-state index in [1.54, 1.807) is 13.2 Å². The van der Waals surface area contributed by atoms with Crippen molar-refractivity contribution in [3.63, 3.8) is 0 Å². The number of nitrogens with zero attached hydrogens (tertiary/aromatic N) is 4. The topological polar surface area (TPSA) is 142 Å². The molecular weight excluding hydrogens is 468 g/mol. The number of pyridine rings is 1. The zero-order valence-electron chi connectivity index (χ0n) is 19.3. The standard InChI is InChI=1S/C23H26N6O2S.CH2O2/c1-31-20-11-10-18-21(29-20)32-23(26-18)28-19-15-17(14-16-8-4-2-5-9-16)25-22(27-19)24-12-6-3-7-13-30;2-1-3/h2,4-5,8-11,15,30H,3,6-7,12-14H2,1H3,(H2,24,25,26,27,28);1H,(H,2,3). The highest BCUT2D eigenvalue weighted by molar-refractivity contribution is 7.21. The fourth-order valence-corrected chi connectivity index (χ4v) is 4.06. The molecule has 0 amide bonds. The predicted octanol–water partition coefficient (Wildman–Crippen LogP) is 4.10. The second-order valence-electron chi connectivity index (χ2n) is 7.37. The summed E-state index contributed by atoms with van der Waals surface area (Å²) in [4.78, 5) is 27.5. The molecule has 0 aliphatic rings. The number of benzene rings is 1. The lowest BCUT2D eigenvalue weighted by Crippen LogP contribution is -2.09. The van der Waals surface area contributed by atoms with Crippen LogP contribution in [0.4, 0.5) is 16.9 Å². The van der Waals surface area contributed by atoms with Crippen molar-refractivity contribution in [3.8, 4) is 5.88 Å². The number of fused-ring (bicyclic) bond motifs is 1. The minimum atomic E-state index is -0.250. The summed E-state index contributed by atoms with van der Waals surface area (Å²) in [6.45, 7) is 0.721. The smallest absolute Gasteiger partial charge is 0.290 e. The van der Waals surface area contributed by atoms with Gasteiger partial charge in [0.15, 0.2) is 5.13 Å². The monoisotopic (exact) mass is 496 g/mol. The molecule has 1 aromatic carbocycles. The lowest BCUT2D eigenvalue weighted by atomic mass is 10.1. The molecule has 4 rings (SSSR count). The molecule has 4 N–H and O–H groups in total. The van der Waals surface area contributed by atoms with Gasteiger partial charge in [-0.1, -0.05) is 41.7 Å². The third-order valence-corrected chi connectivity index (χ3v) is 5.68. The molecule has 0 aliphatic heterocycles. The summed E-state index contributed by atoms with van der Waals surface area (Å²) in [7, 11) is 1.60. The molecule has 0 bridgehead atoms. The largest absolute Gasteiger partial charge is 0.483 e. The molecule has 3 aromatic heterocycles. The second-order valence-corrected chi connectivity index (χ2v) is 8.35. The molecule has 35 heavy (non-hydrogen) atoms. The number of nitrogens with one attached hydrogen (secondary N) is 2. The van der Waals surface area contributed by atoms with Crippen molar-refractivity contribution < 1.29 is 19.7 Å². The van der Waals surface area contributed by atoms with E-state index in [0.717, 1.165) is 41.8 Å². The molecule has 10 nitrogen and oxygen atoms in total. The highest BCUT2D eigenvalue weighted by Gasteiger charge is 2.10. The van der Waals surface area contributed by atoms with Crippen LogP contribution in [0.15, 0.2) is 48.5 Å². The number of aliphatic hydroxyl groups excluding tert-OH is 1. The molecule has 0 aliphatic carbocycles. The number of carbonyl (C=O) groups is 1. The van der Waals surface area contributed by atoms with Crippen molar-refractivity contribution in [1.29, 1.82) is 0 Å². The van der Waals surface area contributed by atoms with Gasteiger partial charge < -0.3 is 25.6 Å². The highest BCUT2D eigenvalue weighted by Crippen LogP contribution is 2.28. The maximum absolute atomic E-state index is 8.95. The van der Waals surface area contributed by atoms with Gasteiger partial charge in [-0.05, 0) is 30.9 Å². The minimum absolute atomic E-state index is 0.222. The summed E-state index contributed by atoms with van der Waals surface area (Å²) in [5.74, 6) is 1.81. The summed E-state index contributed by atoms with van der Waals surface area (Å²) in [5, 5.41) is 23.2. The molecule has 0 radical (unpaired) electrons. The number of anilines is 3. The quantitative estimate of drug-likeness (QED) is 0.177. The first-order chi connectivity index (χ1) is 17.1. The van der Waals surface area contributed by atoms with E-state index in [1.807, 2.05) is 30.3 Å². The SMILES string of the molecule is COc1ccc2nc(Nc3cc(Cc4ccccc4)nc(NCCCCCO)n3)sc2n1.O=CO. The number of unbranched alkanes of at least 4 members (excludes halogenated alkanes) is 2. The van der Waals surface area contributed by atoms with Crippen LogP contribution in [0, 0.1) is 0 Å². The Hall–Kier alpha value is -3.83. The van der Waals surface area contributed by atoms with Crippen molar-refractivity contribution in [1.82, 2.24) is 19.9 Å². The second kappa shape index (κ2) is 13.8. The van der Waals surface area contributed by atoms with Crippen LogP contribution < -0.4 is 15.4 Å². The number of aromatic nitrogens is 4. The number of thiazole rings is 1. The van der Waals surface area contributed by atoms with E-state index >= 15 is 0 Å². The van der Waals surface area contributed by atoms with Crippen molar-refractivity contribution >= 4 is 45.1 Å². The van der Waals surface area contributed by atoms with E-state index in [4.69, 9.17) is 24.7 Å².